The Morgan fingerprint density at radius 3 is 2.69 bits per heavy atom. The Bertz CT molecular complexity index is 1180. The van der Waals surface area contributed by atoms with Crippen LogP contribution in [0.2, 0.25) is 0 Å². The van der Waals surface area contributed by atoms with Crippen molar-refractivity contribution in [1.82, 2.24) is 25.0 Å². The lowest BCUT2D eigenvalue weighted by Crippen LogP contribution is -2.10. The fourth-order valence-electron chi connectivity index (χ4n) is 3.05. The lowest BCUT2D eigenvalue weighted by atomic mass is 10.1. The molecule has 0 bridgehead atoms. The molecule has 4 aromatic rings. The molecule has 8 heteroatoms. The van der Waals surface area contributed by atoms with Gasteiger partial charge in [0.2, 0.25) is 0 Å². The normalized spacial score (nSPS) is 10.9. The van der Waals surface area contributed by atoms with Gasteiger partial charge in [0.1, 0.15) is 5.82 Å². The second-order valence-corrected chi connectivity index (χ2v) is 6.55. The van der Waals surface area contributed by atoms with Gasteiger partial charge < -0.3 is 10.1 Å². The molecule has 29 heavy (non-hydrogen) atoms. The van der Waals surface area contributed by atoms with Crippen molar-refractivity contribution in [2.75, 3.05) is 11.9 Å². The molecule has 8 nitrogen and oxygen atoms in total. The zero-order valence-electron chi connectivity index (χ0n) is 16.4. The van der Waals surface area contributed by atoms with Crippen LogP contribution >= 0.6 is 0 Å². The summed E-state index contributed by atoms with van der Waals surface area (Å²) in [5.74, 6) is 1.38. The lowest BCUT2D eigenvalue weighted by Gasteiger charge is -2.11. The van der Waals surface area contributed by atoms with Gasteiger partial charge in [-0.3, -0.25) is 0 Å². The maximum absolute atomic E-state index is 11.7. The molecule has 0 aliphatic rings. The predicted molar refractivity (Wildman–Crippen MR) is 110 cm³/mol. The van der Waals surface area contributed by atoms with Crippen molar-refractivity contribution in [3.63, 3.8) is 0 Å². The van der Waals surface area contributed by atoms with Crippen LogP contribution in [0.25, 0.3) is 16.7 Å². The minimum atomic E-state index is -0.497. The Morgan fingerprint density at radius 2 is 1.93 bits per heavy atom. The van der Waals surface area contributed by atoms with Gasteiger partial charge in [-0.05, 0) is 50.6 Å². The molecule has 4 rings (SSSR count). The highest BCUT2D eigenvalue weighted by atomic mass is 16.5. The van der Waals surface area contributed by atoms with Gasteiger partial charge in [-0.15, -0.1) is 10.2 Å². The first-order chi connectivity index (χ1) is 14.0. The summed E-state index contributed by atoms with van der Waals surface area (Å²) in [7, 11) is 0. The van der Waals surface area contributed by atoms with E-state index in [0.29, 0.717) is 17.5 Å². The van der Waals surface area contributed by atoms with E-state index in [1.54, 1.807) is 23.7 Å². The van der Waals surface area contributed by atoms with E-state index < -0.39 is 5.97 Å². The first-order valence-electron chi connectivity index (χ1n) is 9.26. The van der Waals surface area contributed by atoms with E-state index in [9.17, 15) is 4.79 Å². The predicted octanol–water partition coefficient (Wildman–Crippen LogP) is 3.75. The third-order valence-corrected chi connectivity index (χ3v) is 4.36. The molecule has 0 radical (unpaired) electrons. The zero-order chi connectivity index (χ0) is 20.4. The number of benzene rings is 1. The summed E-state index contributed by atoms with van der Waals surface area (Å²) < 4.78 is 6.66. The van der Waals surface area contributed by atoms with E-state index in [0.717, 1.165) is 22.2 Å². The van der Waals surface area contributed by atoms with Gasteiger partial charge in [0.05, 0.1) is 17.8 Å². The number of nitrogens with one attached hydrogen (secondary N) is 1. The summed E-state index contributed by atoms with van der Waals surface area (Å²) in [5.41, 5.74) is 3.01. The number of hydrogen-bond donors (Lipinski definition) is 1. The van der Waals surface area contributed by atoms with Crippen molar-refractivity contribution < 1.29 is 9.53 Å². The Labute approximate surface area is 167 Å². The van der Waals surface area contributed by atoms with Gasteiger partial charge in [0.15, 0.2) is 17.3 Å². The second-order valence-electron chi connectivity index (χ2n) is 6.55. The molecule has 1 N–H and O–H groups in total. The average Bonchev–Trinajstić information content (AvgIpc) is 3.09. The molecule has 0 saturated carbocycles. The SMILES string of the molecule is CCOC(=O)c1ccc(Nc2cc(C)nn2-c2cc(C)c3ccccc3n2)nn1. The van der Waals surface area contributed by atoms with E-state index in [2.05, 4.69) is 33.6 Å². The van der Waals surface area contributed by atoms with Crippen LogP contribution in [0.5, 0.6) is 0 Å². The van der Waals surface area contributed by atoms with Gasteiger partial charge in [-0.1, -0.05) is 18.2 Å². The number of aromatic nitrogens is 5. The van der Waals surface area contributed by atoms with Crippen LogP contribution in [-0.4, -0.2) is 37.5 Å². The van der Waals surface area contributed by atoms with Crippen LogP contribution in [0, 0.1) is 13.8 Å². The number of ether oxygens (including phenoxy) is 1. The summed E-state index contributed by atoms with van der Waals surface area (Å²) in [6, 6.07) is 15.1. The summed E-state index contributed by atoms with van der Waals surface area (Å²) in [5, 5.41) is 16.9. The van der Waals surface area contributed by atoms with Crippen LogP contribution in [0.1, 0.15) is 28.7 Å². The highest BCUT2D eigenvalue weighted by Gasteiger charge is 2.13. The first kappa shape index (κ1) is 18.5. The van der Waals surface area contributed by atoms with Gasteiger partial charge >= 0.3 is 5.97 Å². The summed E-state index contributed by atoms with van der Waals surface area (Å²) in [6.45, 7) is 5.99. The summed E-state index contributed by atoms with van der Waals surface area (Å²) >= 11 is 0. The number of pyridine rings is 1. The molecule has 0 aliphatic carbocycles. The summed E-state index contributed by atoms with van der Waals surface area (Å²) in [6.07, 6.45) is 0. The molecule has 3 aromatic heterocycles. The lowest BCUT2D eigenvalue weighted by molar-refractivity contribution is 0.0518. The van der Waals surface area contributed by atoms with Crippen LogP contribution in [0.4, 0.5) is 11.6 Å². The minimum absolute atomic E-state index is 0.161. The second kappa shape index (κ2) is 7.67. The molecule has 0 amide bonds. The van der Waals surface area contributed by atoms with Gasteiger partial charge in [-0.25, -0.2) is 9.78 Å². The molecular weight excluding hydrogens is 368 g/mol. The zero-order valence-corrected chi connectivity index (χ0v) is 16.4. The number of anilines is 2. The Kier molecular flexibility index (Phi) is 4.90. The molecule has 0 aliphatic heterocycles. The highest BCUT2D eigenvalue weighted by Crippen LogP contribution is 2.23. The van der Waals surface area contributed by atoms with Crippen LogP contribution in [-0.2, 0) is 4.74 Å². The molecule has 146 valence electrons. The Morgan fingerprint density at radius 1 is 1.10 bits per heavy atom. The standard InChI is InChI=1S/C21H20N6O2/c1-4-29-21(28)17-9-10-18(25-24-17)23-20-12-14(3)26-27(20)19-11-13(2)15-7-5-6-8-16(15)22-19/h5-12H,4H2,1-3H3,(H,23,25). The van der Waals surface area contributed by atoms with Crippen LogP contribution in [0.3, 0.4) is 0 Å². The van der Waals surface area contributed by atoms with Gasteiger partial charge in [0, 0.05) is 11.5 Å². The fraction of sp³-hybridized carbons (Fsp3) is 0.190. The van der Waals surface area contributed by atoms with Crippen molar-refractivity contribution >= 4 is 28.5 Å². The largest absolute Gasteiger partial charge is 0.461 e. The Hall–Kier alpha value is -3.81. The number of aryl methyl sites for hydroxylation is 2. The van der Waals surface area contributed by atoms with Crippen LogP contribution in [0.15, 0.2) is 48.5 Å². The third-order valence-electron chi connectivity index (χ3n) is 4.36. The maximum Gasteiger partial charge on any atom is 0.358 e. The van der Waals surface area contributed by atoms with E-state index in [1.165, 1.54) is 0 Å². The number of esters is 1. The summed E-state index contributed by atoms with van der Waals surface area (Å²) in [4.78, 5) is 16.5. The first-order valence-corrected chi connectivity index (χ1v) is 9.26. The Balaban J connectivity index is 1.67. The minimum Gasteiger partial charge on any atom is -0.461 e. The molecule has 0 saturated heterocycles. The topological polar surface area (TPSA) is 94.8 Å². The maximum atomic E-state index is 11.7. The average molecular weight is 388 g/mol. The highest BCUT2D eigenvalue weighted by molar-refractivity contribution is 5.87. The molecule has 0 spiro atoms. The molecule has 1 aromatic carbocycles. The number of fused-ring (bicyclic) bond motifs is 1. The van der Waals surface area contributed by atoms with E-state index in [1.807, 2.05) is 37.3 Å². The van der Waals surface area contributed by atoms with Crippen molar-refractivity contribution in [2.45, 2.75) is 20.8 Å². The van der Waals surface area contributed by atoms with E-state index in [4.69, 9.17) is 9.72 Å². The number of hydrogen-bond acceptors (Lipinski definition) is 7. The van der Waals surface area contributed by atoms with E-state index in [-0.39, 0.29) is 12.3 Å². The molecule has 0 unspecified atom stereocenters. The van der Waals surface area contributed by atoms with Crippen molar-refractivity contribution in [2.24, 2.45) is 0 Å². The number of carbonyl (C=O) groups excluding carboxylic acids is 1. The third kappa shape index (κ3) is 3.77. The van der Waals surface area contributed by atoms with E-state index >= 15 is 0 Å². The van der Waals surface area contributed by atoms with Crippen molar-refractivity contribution in [1.29, 1.82) is 0 Å². The smallest absolute Gasteiger partial charge is 0.358 e. The van der Waals surface area contributed by atoms with Crippen LogP contribution < -0.4 is 5.32 Å². The molecule has 3 heterocycles. The monoisotopic (exact) mass is 388 g/mol. The number of para-hydroxylation sites is 1. The fourth-order valence-corrected chi connectivity index (χ4v) is 3.05. The quantitative estimate of drug-likeness (QED) is 0.520. The number of nitrogens with zero attached hydrogens (tertiary/aromatic N) is 5. The number of carbonyl (C=O) groups is 1. The number of rotatable bonds is 5. The van der Waals surface area contributed by atoms with Gasteiger partial charge in [0.25, 0.3) is 0 Å². The van der Waals surface area contributed by atoms with Crippen molar-refractivity contribution in [3.05, 3.63) is 65.5 Å². The molecular formula is C21H20N6O2. The molecule has 0 fully saturated rings. The molecule has 0 atom stereocenters. The van der Waals surface area contributed by atoms with Gasteiger partial charge in [-0.2, -0.15) is 9.78 Å². The van der Waals surface area contributed by atoms with Crippen molar-refractivity contribution in [3.8, 4) is 5.82 Å².